The second kappa shape index (κ2) is 7.15. The van der Waals surface area contributed by atoms with Gasteiger partial charge in [-0.05, 0) is 18.6 Å². The van der Waals surface area contributed by atoms with Crippen molar-refractivity contribution < 1.29 is 14.6 Å². The number of aromatic nitrogens is 2. The highest BCUT2D eigenvalue weighted by atomic mass is 16.5. The van der Waals surface area contributed by atoms with E-state index in [0.29, 0.717) is 38.0 Å². The second-order valence-electron chi connectivity index (χ2n) is 6.13. The number of ether oxygens (including phenoxy) is 1. The van der Waals surface area contributed by atoms with E-state index in [1.54, 1.807) is 10.9 Å². The maximum atomic E-state index is 12.5. The van der Waals surface area contributed by atoms with E-state index in [-0.39, 0.29) is 12.5 Å². The summed E-state index contributed by atoms with van der Waals surface area (Å²) >= 11 is 0. The molecule has 0 unspecified atom stereocenters. The van der Waals surface area contributed by atoms with Gasteiger partial charge in [-0.1, -0.05) is 25.1 Å². The Balaban J connectivity index is 1.74. The van der Waals surface area contributed by atoms with Crippen molar-refractivity contribution in [2.75, 3.05) is 19.8 Å². The van der Waals surface area contributed by atoms with Gasteiger partial charge in [0.05, 0.1) is 28.7 Å². The molecule has 1 saturated heterocycles. The van der Waals surface area contributed by atoms with Gasteiger partial charge in [0, 0.05) is 32.6 Å². The molecule has 1 aromatic carbocycles. The van der Waals surface area contributed by atoms with Crippen LogP contribution in [-0.2, 0) is 11.2 Å². The molecule has 0 saturated carbocycles. The fourth-order valence-corrected chi connectivity index (χ4v) is 2.96. The van der Waals surface area contributed by atoms with Crippen LogP contribution in [0.4, 0.5) is 0 Å². The summed E-state index contributed by atoms with van der Waals surface area (Å²) < 4.78 is 7.05. The highest BCUT2D eigenvalue weighted by Crippen LogP contribution is 2.20. The van der Waals surface area contributed by atoms with E-state index >= 15 is 0 Å². The molecular weight excluding hydrogens is 306 g/mol. The maximum Gasteiger partial charge on any atom is 0.254 e. The lowest BCUT2D eigenvalue weighted by atomic mass is 9.94. The van der Waals surface area contributed by atoms with E-state index in [1.165, 1.54) is 0 Å². The molecule has 128 valence electrons. The lowest BCUT2D eigenvalue weighted by Gasteiger charge is -2.32. The highest BCUT2D eigenvalue weighted by molar-refractivity contribution is 5.95. The lowest BCUT2D eigenvalue weighted by Crippen LogP contribution is -2.46. The predicted molar refractivity (Wildman–Crippen MR) is 90.3 cm³/mol. The van der Waals surface area contributed by atoms with Crippen molar-refractivity contribution in [2.45, 2.75) is 31.8 Å². The zero-order valence-corrected chi connectivity index (χ0v) is 13.9. The summed E-state index contributed by atoms with van der Waals surface area (Å²) in [6.45, 7) is 3.28. The second-order valence-corrected chi connectivity index (χ2v) is 6.13. The van der Waals surface area contributed by atoms with Gasteiger partial charge in [-0.15, -0.1) is 0 Å². The average Bonchev–Trinajstić information content (AvgIpc) is 3.05. The first-order chi connectivity index (χ1) is 11.6. The first-order valence-corrected chi connectivity index (χ1v) is 8.33. The third-order valence-electron chi connectivity index (χ3n) is 4.45. The Morgan fingerprint density at radius 1 is 1.33 bits per heavy atom. The van der Waals surface area contributed by atoms with Crippen molar-refractivity contribution in [1.82, 2.24) is 15.1 Å². The van der Waals surface area contributed by atoms with Crippen LogP contribution in [0, 0.1) is 0 Å². The molecule has 2 heterocycles. The normalized spacial score (nSPS) is 16.8. The summed E-state index contributed by atoms with van der Waals surface area (Å²) in [6, 6.07) is 9.74. The van der Waals surface area contributed by atoms with Gasteiger partial charge in [-0.25, -0.2) is 4.68 Å². The minimum absolute atomic E-state index is 0.200. The number of benzene rings is 1. The minimum Gasteiger partial charge on any atom is -0.388 e. The van der Waals surface area contributed by atoms with Gasteiger partial charge in [-0.3, -0.25) is 4.79 Å². The number of nitrogens with zero attached hydrogens (tertiary/aromatic N) is 2. The van der Waals surface area contributed by atoms with Crippen LogP contribution in [0.5, 0.6) is 0 Å². The van der Waals surface area contributed by atoms with Crippen molar-refractivity contribution in [1.29, 1.82) is 0 Å². The Morgan fingerprint density at radius 2 is 2.04 bits per heavy atom. The zero-order chi connectivity index (χ0) is 17.0. The largest absolute Gasteiger partial charge is 0.388 e. The highest BCUT2D eigenvalue weighted by Gasteiger charge is 2.30. The van der Waals surface area contributed by atoms with Gasteiger partial charge in [0.1, 0.15) is 0 Å². The molecular formula is C18H23N3O3. The number of carbonyl (C=O) groups is 1. The summed E-state index contributed by atoms with van der Waals surface area (Å²) in [5, 5.41) is 17.7. The van der Waals surface area contributed by atoms with E-state index in [0.717, 1.165) is 11.4 Å². The van der Waals surface area contributed by atoms with Crippen LogP contribution in [0.15, 0.2) is 36.5 Å². The van der Waals surface area contributed by atoms with Crippen LogP contribution in [0.25, 0.3) is 5.69 Å². The van der Waals surface area contributed by atoms with Gasteiger partial charge in [0.2, 0.25) is 0 Å². The number of para-hydroxylation sites is 1. The third-order valence-corrected chi connectivity index (χ3v) is 4.45. The number of aliphatic hydroxyl groups is 1. The van der Waals surface area contributed by atoms with E-state index < -0.39 is 5.60 Å². The third kappa shape index (κ3) is 3.49. The van der Waals surface area contributed by atoms with Crippen LogP contribution in [0.2, 0.25) is 0 Å². The number of hydrogen-bond donors (Lipinski definition) is 2. The van der Waals surface area contributed by atoms with Crippen molar-refractivity contribution in [3.63, 3.8) is 0 Å². The fourth-order valence-electron chi connectivity index (χ4n) is 2.96. The van der Waals surface area contributed by atoms with Crippen molar-refractivity contribution >= 4 is 5.91 Å². The quantitative estimate of drug-likeness (QED) is 0.875. The molecule has 2 aromatic rings. The van der Waals surface area contributed by atoms with E-state index in [2.05, 4.69) is 10.4 Å². The van der Waals surface area contributed by atoms with Crippen LogP contribution in [0.3, 0.4) is 0 Å². The molecule has 0 spiro atoms. The number of amides is 1. The molecule has 2 N–H and O–H groups in total. The van der Waals surface area contributed by atoms with Crippen LogP contribution >= 0.6 is 0 Å². The van der Waals surface area contributed by atoms with Gasteiger partial charge in [-0.2, -0.15) is 5.10 Å². The summed E-state index contributed by atoms with van der Waals surface area (Å²) in [4.78, 5) is 12.5. The molecule has 0 radical (unpaired) electrons. The standard InChI is InChI=1S/C18H23N3O3/c1-2-16-15(12-20-21(16)14-6-4-3-5-7-14)17(22)19-13-18(23)8-10-24-11-9-18/h3-7,12,23H,2,8-11,13H2,1H3,(H,19,22). The van der Waals surface area contributed by atoms with E-state index in [1.807, 2.05) is 37.3 Å². The number of nitrogens with one attached hydrogen (secondary N) is 1. The molecule has 6 nitrogen and oxygen atoms in total. The van der Waals surface area contributed by atoms with E-state index in [9.17, 15) is 9.90 Å². The van der Waals surface area contributed by atoms with Crippen LogP contribution < -0.4 is 5.32 Å². The number of rotatable bonds is 5. The summed E-state index contributed by atoms with van der Waals surface area (Å²) in [5.74, 6) is -0.200. The molecule has 6 heteroatoms. The Kier molecular flexibility index (Phi) is 4.97. The molecule has 1 amide bonds. The van der Waals surface area contributed by atoms with Crippen LogP contribution in [-0.4, -0.2) is 46.2 Å². The Labute approximate surface area is 141 Å². The summed E-state index contributed by atoms with van der Waals surface area (Å²) in [5.41, 5.74) is 1.46. The van der Waals surface area contributed by atoms with Gasteiger partial charge in [0.25, 0.3) is 5.91 Å². The summed E-state index contributed by atoms with van der Waals surface area (Å²) in [7, 11) is 0. The maximum absolute atomic E-state index is 12.5. The molecule has 1 aliphatic heterocycles. The predicted octanol–water partition coefficient (Wildman–Crippen LogP) is 1.71. The molecule has 3 rings (SSSR count). The first kappa shape index (κ1) is 16.7. The van der Waals surface area contributed by atoms with E-state index in [4.69, 9.17) is 4.74 Å². The SMILES string of the molecule is CCc1c(C(=O)NCC2(O)CCOCC2)cnn1-c1ccccc1. The topological polar surface area (TPSA) is 76.4 Å². The van der Waals surface area contributed by atoms with Crippen molar-refractivity contribution in [3.05, 3.63) is 47.8 Å². The lowest BCUT2D eigenvalue weighted by molar-refractivity contribution is -0.0605. The zero-order valence-electron chi connectivity index (χ0n) is 13.9. The Morgan fingerprint density at radius 3 is 2.71 bits per heavy atom. The fraction of sp³-hybridized carbons (Fsp3) is 0.444. The molecule has 24 heavy (non-hydrogen) atoms. The van der Waals surface area contributed by atoms with Gasteiger partial charge >= 0.3 is 0 Å². The smallest absolute Gasteiger partial charge is 0.254 e. The average molecular weight is 329 g/mol. The van der Waals surface area contributed by atoms with Gasteiger partial charge < -0.3 is 15.2 Å². The summed E-state index contributed by atoms with van der Waals surface area (Å²) in [6.07, 6.45) is 3.36. The molecule has 1 fully saturated rings. The first-order valence-electron chi connectivity index (χ1n) is 8.33. The van der Waals surface area contributed by atoms with Gasteiger partial charge in [0.15, 0.2) is 0 Å². The molecule has 1 aromatic heterocycles. The van der Waals surface area contributed by atoms with Crippen molar-refractivity contribution in [3.8, 4) is 5.69 Å². The number of carbonyl (C=O) groups excluding carboxylic acids is 1. The molecule has 1 aliphatic rings. The molecule has 0 aliphatic carbocycles. The molecule has 0 bridgehead atoms. The minimum atomic E-state index is -0.879. The number of hydrogen-bond acceptors (Lipinski definition) is 4. The monoisotopic (exact) mass is 329 g/mol. The van der Waals surface area contributed by atoms with Crippen molar-refractivity contribution in [2.24, 2.45) is 0 Å². The molecule has 0 atom stereocenters. The Bertz CT molecular complexity index is 691. The van der Waals surface area contributed by atoms with Crippen LogP contribution in [0.1, 0.15) is 35.8 Å². The Hall–Kier alpha value is -2.18.